The lowest BCUT2D eigenvalue weighted by Crippen LogP contribution is -2.30. The first-order valence-corrected chi connectivity index (χ1v) is 4.94. The molecule has 0 radical (unpaired) electrons. The Bertz CT molecular complexity index is 285. The zero-order chi connectivity index (χ0) is 12.9. The van der Waals surface area contributed by atoms with Crippen molar-refractivity contribution in [2.75, 3.05) is 0 Å². The first-order chi connectivity index (χ1) is 7.27. The highest BCUT2D eigenvalue weighted by molar-refractivity contribution is 5.75. The molecule has 0 aliphatic heterocycles. The van der Waals surface area contributed by atoms with Crippen LogP contribution in [0.25, 0.3) is 0 Å². The van der Waals surface area contributed by atoms with Gasteiger partial charge in [0.1, 0.15) is 0 Å². The van der Waals surface area contributed by atoms with Crippen LogP contribution in [0.15, 0.2) is 0 Å². The number of carboxylic acid groups (broad SMARTS) is 3. The summed E-state index contributed by atoms with van der Waals surface area (Å²) >= 11 is 0. The first-order valence-electron chi connectivity index (χ1n) is 4.94. The van der Waals surface area contributed by atoms with Crippen LogP contribution >= 0.6 is 0 Å². The predicted octanol–water partition coefficient (Wildman–Crippen LogP) is 0.909. The Morgan fingerprint density at radius 3 is 1.81 bits per heavy atom. The smallest absolute Gasteiger partial charge is 0.306 e. The molecule has 0 amide bonds. The summed E-state index contributed by atoms with van der Waals surface area (Å²) in [6, 6.07) is 0. The Morgan fingerprint density at radius 1 is 1.00 bits per heavy atom. The minimum absolute atomic E-state index is 0.0521. The second kappa shape index (κ2) is 6.09. The summed E-state index contributed by atoms with van der Waals surface area (Å²) in [5.41, 5.74) is 0. The van der Waals surface area contributed by atoms with Crippen LogP contribution in [0.3, 0.4) is 0 Å². The minimum Gasteiger partial charge on any atom is -0.481 e. The maximum absolute atomic E-state index is 10.9. The highest BCUT2D eigenvalue weighted by atomic mass is 16.4. The molecule has 6 nitrogen and oxygen atoms in total. The van der Waals surface area contributed by atoms with Crippen LogP contribution in [0.4, 0.5) is 0 Å². The van der Waals surface area contributed by atoms with Crippen molar-refractivity contribution in [1.82, 2.24) is 0 Å². The lowest BCUT2D eigenvalue weighted by atomic mass is 9.81. The Labute approximate surface area is 92.9 Å². The van der Waals surface area contributed by atoms with Crippen LogP contribution in [0, 0.1) is 17.8 Å². The molecule has 0 aromatic rings. The number of carbonyl (C=O) groups is 3. The second-order valence-electron chi connectivity index (χ2n) is 3.86. The van der Waals surface area contributed by atoms with Crippen molar-refractivity contribution in [2.24, 2.45) is 17.8 Å². The van der Waals surface area contributed by atoms with Crippen molar-refractivity contribution in [3.63, 3.8) is 0 Å². The summed E-state index contributed by atoms with van der Waals surface area (Å²) < 4.78 is 0. The maximum atomic E-state index is 10.9. The first kappa shape index (κ1) is 14.4. The molecule has 0 aliphatic rings. The summed E-state index contributed by atoms with van der Waals surface area (Å²) in [6.45, 7) is 2.93. The number of carboxylic acids is 3. The van der Waals surface area contributed by atoms with Crippen LogP contribution in [-0.4, -0.2) is 33.2 Å². The molecule has 0 fully saturated rings. The van der Waals surface area contributed by atoms with Crippen molar-refractivity contribution in [3.8, 4) is 0 Å². The van der Waals surface area contributed by atoms with Gasteiger partial charge in [-0.1, -0.05) is 13.8 Å². The highest BCUT2D eigenvalue weighted by Crippen LogP contribution is 2.25. The zero-order valence-electron chi connectivity index (χ0n) is 9.21. The molecule has 0 saturated heterocycles. The average Bonchev–Trinajstić information content (AvgIpc) is 2.15. The van der Waals surface area contributed by atoms with Crippen molar-refractivity contribution in [1.29, 1.82) is 0 Å². The van der Waals surface area contributed by atoms with E-state index in [0.29, 0.717) is 0 Å². The van der Waals surface area contributed by atoms with E-state index in [1.807, 2.05) is 0 Å². The predicted molar refractivity (Wildman–Crippen MR) is 54.0 cm³/mol. The van der Waals surface area contributed by atoms with Gasteiger partial charge in [-0.2, -0.15) is 0 Å². The summed E-state index contributed by atoms with van der Waals surface area (Å²) in [7, 11) is 0. The van der Waals surface area contributed by atoms with E-state index >= 15 is 0 Å². The lowest BCUT2D eigenvalue weighted by molar-refractivity contribution is -0.149. The van der Waals surface area contributed by atoms with Gasteiger partial charge in [-0.25, -0.2) is 0 Å². The summed E-state index contributed by atoms with van der Waals surface area (Å²) in [4.78, 5) is 31.9. The number of hydrogen-bond donors (Lipinski definition) is 3. The fourth-order valence-electron chi connectivity index (χ4n) is 1.46. The Morgan fingerprint density at radius 2 is 1.50 bits per heavy atom. The van der Waals surface area contributed by atoms with E-state index in [2.05, 4.69) is 0 Å². The molecule has 92 valence electrons. The standard InChI is InChI=1S/C10H16O6/c1-5(6(2)9(13)14)7(10(15)16)3-4-8(11)12/h5-7H,3-4H2,1-2H3,(H,11,12)(H,13,14)(H,15,16). The second-order valence-corrected chi connectivity index (χ2v) is 3.86. The van der Waals surface area contributed by atoms with E-state index < -0.39 is 35.7 Å². The van der Waals surface area contributed by atoms with Crippen molar-refractivity contribution in [2.45, 2.75) is 26.7 Å². The molecule has 0 saturated carbocycles. The molecule has 3 N–H and O–H groups in total. The summed E-state index contributed by atoms with van der Waals surface area (Å²) in [6.07, 6.45) is -0.322. The molecule has 0 heterocycles. The molecule has 0 aromatic carbocycles. The van der Waals surface area contributed by atoms with Crippen molar-refractivity contribution >= 4 is 17.9 Å². The fraction of sp³-hybridized carbons (Fsp3) is 0.700. The Hall–Kier alpha value is -1.59. The van der Waals surface area contributed by atoms with Gasteiger partial charge in [0.2, 0.25) is 0 Å². The third-order valence-corrected chi connectivity index (χ3v) is 2.80. The van der Waals surface area contributed by atoms with Gasteiger partial charge >= 0.3 is 17.9 Å². The van der Waals surface area contributed by atoms with Gasteiger partial charge in [0.05, 0.1) is 11.8 Å². The topological polar surface area (TPSA) is 112 Å². The number of rotatable bonds is 7. The van der Waals surface area contributed by atoms with Gasteiger partial charge in [-0.15, -0.1) is 0 Å². The van der Waals surface area contributed by atoms with Crippen LogP contribution in [0.5, 0.6) is 0 Å². The molecule has 0 bridgehead atoms. The molecule has 3 atom stereocenters. The Balaban J connectivity index is 4.58. The van der Waals surface area contributed by atoms with Gasteiger partial charge in [0.25, 0.3) is 0 Å². The summed E-state index contributed by atoms with van der Waals surface area (Å²) in [5, 5.41) is 26.1. The molecule has 3 unspecified atom stereocenters. The van der Waals surface area contributed by atoms with Gasteiger partial charge < -0.3 is 15.3 Å². The number of aliphatic carboxylic acids is 3. The molecule has 6 heteroatoms. The van der Waals surface area contributed by atoms with Gasteiger partial charge in [0, 0.05) is 6.42 Å². The SMILES string of the molecule is CC(C(=O)O)C(C)C(CCC(=O)O)C(=O)O. The minimum atomic E-state index is -1.15. The normalized spacial score (nSPS) is 16.1. The molecule has 0 aliphatic carbocycles. The highest BCUT2D eigenvalue weighted by Gasteiger charge is 2.32. The van der Waals surface area contributed by atoms with E-state index in [4.69, 9.17) is 15.3 Å². The molecule has 0 spiro atoms. The van der Waals surface area contributed by atoms with E-state index in [1.54, 1.807) is 0 Å². The number of hydrogen-bond acceptors (Lipinski definition) is 3. The van der Waals surface area contributed by atoms with E-state index in [-0.39, 0.29) is 12.8 Å². The van der Waals surface area contributed by atoms with E-state index in [0.717, 1.165) is 0 Å². The van der Waals surface area contributed by atoms with Gasteiger partial charge in [0.15, 0.2) is 0 Å². The fourth-order valence-corrected chi connectivity index (χ4v) is 1.46. The monoisotopic (exact) mass is 232 g/mol. The van der Waals surface area contributed by atoms with Gasteiger partial charge in [-0.3, -0.25) is 14.4 Å². The lowest BCUT2D eigenvalue weighted by Gasteiger charge is -2.22. The largest absolute Gasteiger partial charge is 0.481 e. The van der Waals surface area contributed by atoms with E-state index in [9.17, 15) is 14.4 Å². The summed E-state index contributed by atoms with van der Waals surface area (Å²) in [5.74, 6) is -5.66. The quantitative estimate of drug-likeness (QED) is 0.601. The van der Waals surface area contributed by atoms with Crippen molar-refractivity contribution in [3.05, 3.63) is 0 Å². The molecule has 16 heavy (non-hydrogen) atoms. The molecular weight excluding hydrogens is 216 g/mol. The third-order valence-electron chi connectivity index (χ3n) is 2.80. The maximum Gasteiger partial charge on any atom is 0.306 e. The van der Waals surface area contributed by atoms with Gasteiger partial charge in [-0.05, 0) is 12.3 Å². The molecular formula is C10H16O6. The average molecular weight is 232 g/mol. The van der Waals surface area contributed by atoms with Crippen LogP contribution < -0.4 is 0 Å². The molecule has 0 rings (SSSR count). The van der Waals surface area contributed by atoms with Crippen LogP contribution in [0.1, 0.15) is 26.7 Å². The third kappa shape index (κ3) is 4.29. The zero-order valence-corrected chi connectivity index (χ0v) is 9.21. The van der Waals surface area contributed by atoms with Crippen molar-refractivity contribution < 1.29 is 29.7 Å². The van der Waals surface area contributed by atoms with Crippen LogP contribution in [0.2, 0.25) is 0 Å². The van der Waals surface area contributed by atoms with E-state index in [1.165, 1.54) is 13.8 Å². The Kier molecular flexibility index (Phi) is 5.49. The van der Waals surface area contributed by atoms with Crippen LogP contribution in [-0.2, 0) is 14.4 Å². The molecule has 0 aromatic heterocycles.